The molecule has 0 bridgehead atoms. The largest absolute Gasteiger partial charge is 0.454 e. The Hall–Kier alpha value is -3.28. The number of hydrogen-bond acceptors (Lipinski definition) is 4. The van der Waals surface area contributed by atoms with Gasteiger partial charge in [-0.05, 0) is 47.9 Å². The van der Waals surface area contributed by atoms with E-state index in [1.807, 2.05) is 30.3 Å². The minimum Gasteiger partial charge on any atom is -0.454 e. The summed E-state index contributed by atoms with van der Waals surface area (Å²) >= 11 is 0. The van der Waals surface area contributed by atoms with E-state index in [0.717, 1.165) is 17.5 Å². The van der Waals surface area contributed by atoms with E-state index in [0.29, 0.717) is 29.3 Å². The summed E-state index contributed by atoms with van der Waals surface area (Å²) < 4.78 is 10.6. The molecule has 0 unspecified atom stereocenters. The molecule has 4 rings (SSSR count). The Morgan fingerprint density at radius 2 is 2.00 bits per heavy atom. The topological polar surface area (TPSA) is 76.7 Å². The molecule has 25 heavy (non-hydrogen) atoms. The molecule has 2 amide bonds. The predicted octanol–water partition coefficient (Wildman–Crippen LogP) is 2.35. The second-order valence-corrected chi connectivity index (χ2v) is 5.81. The summed E-state index contributed by atoms with van der Waals surface area (Å²) in [6, 6.07) is 10.9. The first-order valence-electron chi connectivity index (χ1n) is 7.99. The van der Waals surface area contributed by atoms with Crippen molar-refractivity contribution in [2.24, 2.45) is 0 Å². The number of nitrogens with one attached hydrogen (secondary N) is 2. The highest BCUT2D eigenvalue weighted by molar-refractivity contribution is 6.03. The van der Waals surface area contributed by atoms with Crippen LogP contribution >= 0.6 is 0 Å². The van der Waals surface area contributed by atoms with Gasteiger partial charge in [-0.3, -0.25) is 9.59 Å². The van der Waals surface area contributed by atoms with E-state index >= 15 is 0 Å². The fourth-order valence-electron chi connectivity index (χ4n) is 2.86. The molecule has 0 spiro atoms. The van der Waals surface area contributed by atoms with Crippen LogP contribution in [0.25, 0.3) is 6.08 Å². The minimum absolute atomic E-state index is 0.103. The summed E-state index contributed by atoms with van der Waals surface area (Å²) in [5.41, 5.74) is 3.04. The number of rotatable bonds is 3. The zero-order valence-corrected chi connectivity index (χ0v) is 13.4. The molecule has 126 valence electrons. The van der Waals surface area contributed by atoms with Gasteiger partial charge in [0.05, 0.1) is 0 Å². The Kier molecular flexibility index (Phi) is 3.85. The van der Waals surface area contributed by atoms with Crippen molar-refractivity contribution in [3.8, 4) is 11.5 Å². The van der Waals surface area contributed by atoms with Crippen molar-refractivity contribution in [3.63, 3.8) is 0 Å². The lowest BCUT2D eigenvalue weighted by Gasteiger charge is -2.17. The Balaban J connectivity index is 1.45. The minimum atomic E-state index is -0.270. The molecule has 2 aliphatic heterocycles. The van der Waals surface area contributed by atoms with Crippen LogP contribution in [0, 0.1) is 0 Å². The summed E-state index contributed by atoms with van der Waals surface area (Å²) in [6.45, 7) is 0.866. The lowest BCUT2D eigenvalue weighted by atomic mass is 10.00. The maximum absolute atomic E-state index is 12.1. The lowest BCUT2D eigenvalue weighted by molar-refractivity contribution is -0.111. The molecule has 2 heterocycles. The van der Waals surface area contributed by atoms with Gasteiger partial charge >= 0.3 is 0 Å². The van der Waals surface area contributed by atoms with E-state index in [2.05, 4.69) is 10.6 Å². The fourth-order valence-corrected chi connectivity index (χ4v) is 2.86. The van der Waals surface area contributed by atoms with Gasteiger partial charge in [0.1, 0.15) is 0 Å². The Morgan fingerprint density at radius 1 is 1.12 bits per heavy atom. The number of ether oxygens (including phenoxy) is 2. The Morgan fingerprint density at radius 3 is 2.92 bits per heavy atom. The predicted molar refractivity (Wildman–Crippen MR) is 92.7 cm³/mol. The molecule has 2 aromatic carbocycles. The molecular weight excluding hydrogens is 320 g/mol. The third kappa shape index (κ3) is 3.19. The van der Waals surface area contributed by atoms with E-state index in [-0.39, 0.29) is 18.6 Å². The van der Waals surface area contributed by atoms with Gasteiger partial charge in [-0.15, -0.1) is 0 Å². The van der Waals surface area contributed by atoms with Crippen LogP contribution in [-0.4, -0.2) is 25.2 Å². The zero-order chi connectivity index (χ0) is 17.2. The van der Waals surface area contributed by atoms with Crippen LogP contribution in [0.4, 0.5) is 5.69 Å². The van der Waals surface area contributed by atoms with Gasteiger partial charge in [-0.25, -0.2) is 0 Å². The molecular formula is C19H16N2O4. The molecule has 0 atom stereocenters. The highest BCUT2D eigenvalue weighted by atomic mass is 16.7. The second-order valence-electron chi connectivity index (χ2n) is 5.81. The molecule has 2 aliphatic rings. The van der Waals surface area contributed by atoms with Gasteiger partial charge in [0, 0.05) is 23.9 Å². The van der Waals surface area contributed by atoms with Crippen molar-refractivity contribution in [2.45, 2.75) is 6.42 Å². The van der Waals surface area contributed by atoms with Crippen LogP contribution in [0.1, 0.15) is 21.5 Å². The van der Waals surface area contributed by atoms with Crippen LogP contribution in [-0.2, 0) is 11.2 Å². The average Bonchev–Trinajstić information content (AvgIpc) is 3.08. The van der Waals surface area contributed by atoms with Crippen molar-refractivity contribution < 1.29 is 19.1 Å². The molecule has 0 aliphatic carbocycles. The normalized spacial score (nSPS) is 15.0. The maximum atomic E-state index is 12.1. The van der Waals surface area contributed by atoms with Gasteiger partial charge < -0.3 is 20.1 Å². The lowest BCUT2D eigenvalue weighted by Crippen LogP contribution is -2.31. The van der Waals surface area contributed by atoms with E-state index in [4.69, 9.17) is 9.47 Å². The van der Waals surface area contributed by atoms with Crippen LogP contribution < -0.4 is 20.1 Å². The zero-order valence-electron chi connectivity index (χ0n) is 13.4. The van der Waals surface area contributed by atoms with E-state index in [1.165, 1.54) is 6.08 Å². The molecule has 2 aromatic rings. The first-order chi connectivity index (χ1) is 12.2. The number of fused-ring (bicyclic) bond motifs is 2. The SMILES string of the molecule is O=C(/C=C/c1ccc2c(c1)OCO2)Nc1ccc2c(c1)C(=O)NCC2. The third-order valence-electron chi connectivity index (χ3n) is 4.13. The Bertz CT molecular complexity index is 889. The summed E-state index contributed by atoms with van der Waals surface area (Å²) in [6.07, 6.45) is 3.94. The summed E-state index contributed by atoms with van der Waals surface area (Å²) in [5, 5.41) is 5.57. The van der Waals surface area contributed by atoms with E-state index < -0.39 is 0 Å². The summed E-state index contributed by atoms with van der Waals surface area (Å²) in [4.78, 5) is 24.0. The first kappa shape index (κ1) is 15.3. The third-order valence-corrected chi connectivity index (χ3v) is 4.13. The molecule has 0 radical (unpaired) electrons. The van der Waals surface area contributed by atoms with Gasteiger partial charge in [-0.2, -0.15) is 0 Å². The van der Waals surface area contributed by atoms with Crippen molar-refractivity contribution in [1.82, 2.24) is 5.32 Å². The number of carbonyl (C=O) groups is 2. The smallest absolute Gasteiger partial charge is 0.251 e. The molecule has 0 aromatic heterocycles. The van der Waals surface area contributed by atoms with Crippen LogP contribution in [0.5, 0.6) is 11.5 Å². The highest BCUT2D eigenvalue weighted by Crippen LogP contribution is 2.32. The molecule has 6 nitrogen and oxygen atoms in total. The summed E-state index contributed by atoms with van der Waals surface area (Å²) in [5.74, 6) is 0.999. The standard InChI is InChI=1S/C19H16N2O4/c22-18(6-2-12-1-5-16-17(9-12)25-11-24-16)21-14-4-3-13-7-8-20-19(23)15(13)10-14/h1-6,9-10H,7-8,11H2,(H,20,23)(H,21,22)/b6-2+. The van der Waals surface area contributed by atoms with Gasteiger partial charge in [-0.1, -0.05) is 12.1 Å². The van der Waals surface area contributed by atoms with Crippen LogP contribution in [0.3, 0.4) is 0 Å². The monoisotopic (exact) mass is 336 g/mol. The quantitative estimate of drug-likeness (QED) is 0.844. The Labute approximate surface area is 144 Å². The second kappa shape index (κ2) is 6.32. The van der Waals surface area contributed by atoms with Crippen LogP contribution in [0.2, 0.25) is 0 Å². The van der Waals surface area contributed by atoms with Crippen molar-refractivity contribution in [3.05, 3.63) is 59.2 Å². The molecule has 2 N–H and O–H groups in total. The summed E-state index contributed by atoms with van der Waals surface area (Å²) in [7, 11) is 0. The molecule has 0 saturated carbocycles. The molecule has 6 heteroatoms. The average molecular weight is 336 g/mol. The van der Waals surface area contributed by atoms with Crippen molar-refractivity contribution in [1.29, 1.82) is 0 Å². The van der Waals surface area contributed by atoms with E-state index in [9.17, 15) is 9.59 Å². The maximum Gasteiger partial charge on any atom is 0.251 e. The number of anilines is 1. The number of benzene rings is 2. The number of carbonyl (C=O) groups excluding carboxylic acids is 2. The van der Waals surface area contributed by atoms with Crippen LogP contribution in [0.15, 0.2) is 42.5 Å². The van der Waals surface area contributed by atoms with Gasteiger partial charge in [0.15, 0.2) is 11.5 Å². The number of amides is 2. The van der Waals surface area contributed by atoms with Crippen molar-refractivity contribution in [2.75, 3.05) is 18.7 Å². The van der Waals surface area contributed by atoms with Gasteiger partial charge in [0.25, 0.3) is 5.91 Å². The molecule has 0 saturated heterocycles. The number of hydrogen-bond donors (Lipinski definition) is 2. The van der Waals surface area contributed by atoms with Gasteiger partial charge in [0.2, 0.25) is 12.7 Å². The fraction of sp³-hybridized carbons (Fsp3) is 0.158. The van der Waals surface area contributed by atoms with E-state index in [1.54, 1.807) is 12.1 Å². The van der Waals surface area contributed by atoms with Crippen molar-refractivity contribution >= 4 is 23.6 Å². The molecule has 0 fully saturated rings. The highest BCUT2D eigenvalue weighted by Gasteiger charge is 2.17. The first-order valence-corrected chi connectivity index (χ1v) is 7.99.